The first-order valence-electron chi connectivity index (χ1n) is 11.3. The SMILES string of the molecule is CCCCN(CCCC)c1ccc(C=CC=CC=Cc2ccc(N(C)C)cc2)cc1. The van der Waals surface area contributed by atoms with Gasteiger partial charge in [-0.2, -0.15) is 0 Å². The molecule has 160 valence electrons. The van der Waals surface area contributed by atoms with Crippen LogP contribution in [-0.2, 0) is 0 Å². The van der Waals surface area contributed by atoms with Crippen molar-refractivity contribution in [3.8, 4) is 0 Å². The van der Waals surface area contributed by atoms with Gasteiger partial charge in [-0.3, -0.25) is 0 Å². The molecule has 0 aliphatic heterocycles. The summed E-state index contributed by atoms with van der Waals surface area (Å²) < 4.78 is 0. The molecule has 2 rings (SSSR count). The highest BCUT2D eigenvalue weighted by molar-refractivity contribution is 5.58. The van der Waals surface area contributed by atoms with Gasteiger partial charge in [0.05, 0.1) is 0 Å². The third-order valence-corrected chi connectivity index (χ3v) is 5.14. The lowest BCUT2D eigenvalue weighted by molar-refractivity contribution is 0.678. The molecule has 0 N–H and O–H groups in total. The van der Waals surface area contributed by atoms with Crippen LogP contribution in [-0.4, -0.2) is 27.2 Å². The monoisotopic (exact) mass is 402 g/mol. The van der Waals surface area contributed by atoms with E-state index >= 15 is 0 Å². The Bertz CT molecular complexity index is 788. The molecule has 2 aromatic carbocycles. The standard InChI is InChI=1S/C28H38N2/c1-5-7-23-30(24-8-6-2)28-21-17-26(18-22-28)14-12-10-9-11-13-25-15-19-27(20-16-25)29(3)4/h9-22H,5-8,23-24H2,1-4H3. The van der Waals surface area contributed by atoms with Crippen LogP contribution in [0.4, 0.5) is 11.4 Å². The number of hydrogen-bond donors (Lipinski definition) is 0. The zero-order valence-corrected chi connectivity index (χ0v) is 19.2. The predicted octanol–water partition coefficient (Wildman–Crippen LogP) is 7.44. The van der Waals surface area contributed by atoms with Crippen LogP contribution in [0.25, 0.3) is 12.2 Å². The Hall–Kier alpha value is -2.74. The van der Waals surface area contributed by atoms with Crippen molar-refractivity contribution in [2.45, 2.75) is 39.5 Å². The minimum absolute atomic E-state index is 1.15. The van der Waals surface area contributed by atoms with E-state index in [1.807, 2.05) is 0 Å². The van der Waals surface area contributed by atoms with Gasteiger partial charge < -0.3 is 9.80 Å². The average Bonchev–Trinajstić information content (AvgIpc) is 2.77. The quantitative estimate of drug-likeness (QED) is 0.340. The maximum atomic E-state index is 2.52. The predicted molar refractivity (Wildman–Crippen MR) is 136 cm³/mol. The highest BCUT2D eigenvalue weighted by atomic mass is 15.1. The Balaban J connectivity index is 1.87. The summed E-state index contributed by atoms with van der Waals surface area (Å²) in [6, 6.07) is 17.5. The average molecular weight is 403 g/mol. The van der Waals surface area contributed by atoms with Gasteiger partial charge in [-0.1, -0.05) is 87.4 Å². The van der Waals surface area contributed by atoms with E-state index in [9.17, 15) is 0 Å². The van der Waals surface area contributed by atoms with Crippen molar-refractivity contribution in [2.24, 2.45) is 0 Å². The van der Waals surface area contributed by atoms with Gasteiger partial charge in [0.2, 0.25) is 0 Å². The topological polar surface area (TPSA) is 6.48 Å². The Morgan fingerprint density at radius 1 is 0.600 bits per heavy atom. The van der Waals surface area contributed by atoms with Crippen LogP contribution in [0.1, 0.15) is 50.7 Å². The molecule has 0 fully saturated rings. The molecule has 0 unspecified atom stereocenters. The molecular formula is C28H38N2. The van der Waals surface area contributed by atoms with Crippen LogP contribution in [0.3, 0.4) is 0 Å². The lowest BCUT2D eigenvalue weighted by Gasteiger charge is -2.24. The summed E-state index contributed by atoms with van der Waals surface area (Å²) in [5, 5.41) is 0. The number of anilines is 2. The largest absolute Gasteiger partial charge is 0.378 e. The van der Waals surface area contributed by atoms with Crippen molar-refractivity contribution in [2.75, 3.05) is 37.0 Å². The molecule has 0 heterocycles. The van der Waals surface area contributed by atoms with E-state index in [4.69, 9.17) is 0 Å². The number of nitrogens with zero attached hydrogens (tertiary/aromatic N) is 2. The third kappa shape index (κ3) is 8.32. The van der Waals surface area contributed by atoms with Gasteiger partial charge in [0.1, 0.15) is 0 Å². The number of rotatable bonds is 12. The maximum Gasteiger partial charge on any atom is 0.0366 e. The first-order valence-corrected chi connectivity index (χ1v) is 11.3. The summed E-state index contributed by atoms with van der Waals surface area (Å²) in [6.07, 6.45) is 17.6. The fraction of sp³-hybridized carbons (Fsp3) is 0.357. The number of hydrogen-bond acceptors (Lipinski definition) is 2. The van der Waals surface area contributed by atoms with Crippen LogP contribution >= 0.6 is 0 Å². The summed E-state index contributed by atoms with van der Waals surface area (Å²) in [4.78, 5) is 4.63. The van der Waals surface area contributed by atoms with Crippen molar-refractivity contribution in [1.29, 1.82) is 0 Å². The molecule has 2 heteroatoms. The third-order valence-electron chi connectivity index (χ3n) is 5.14. The molecule has 0 saturated carbocycles. The van der Waals surface area contributed by atoms with Gasteiger partial charge >= 0.3 is 0 Å². The summed E-state index contributed by atoms with van der Waals surface area (Å²) in [5.41, 5.74) is 5.00. The fourth-order valence-electron chi connectivity index (χ4n) is 3.21. The first kappa shape index (κ1) is 23.5. The molecule has 0 atom stereocenters. The molecule has 0 aliphatic rings. The van der Waals surface area contributed by atoms with E-state index in [1.54, 1.807) is 0 Å². The van der Waals surface area contributed by atoms with Crippen LogP contribution in [0.5, 0.6) is 0 Å². The van der Waals surface area contributed by atoms with E-state index in [0.717, 1.165) is 13.1 Å². The van der Waals surface area contributed by atoms with Gasteiger partial charge in [0.25, 0.3) is 0 Å². The van der Waals surface area contributed by atoms with E-state index in [-0.39, 0.29) is 0 Å². The second-order valence-electron chi connectivity index (χ2n) is 7.87. The highest BCUT2D eigenvalue weighted by Gasteiger charge is 2.04. The van der Waals surface area contributed by atoms with Crippen molar-refractivity contribution >= 4 is 23.5 Å². The van der Waals surface area contributed by atoms with Crippen molar-refractivity contribution in [3.05, 3.63) is 84.0 Å². The van der Waals surface area contributed by atoms with Crippen molar-refractivity contribution in [1.82, 2.24) is 0 Å². The Labute approximate surface area is 184 Å². The van der Waals surface area contributed by atoms with Crippen LogP contribution in [0.2, 0.25) is 0 Å². The summed E-state index contributed by atoms with van der Waals surface area (Å²) in [6.45, 7) is 6.82. The van der Waals surface area contributed by atoms with E-state index in [1.165, 1.54) is 48.2 Å². The molecule has 0 amide bonds. The molecule has 0 bridgehead atoms. The fourth-order valence-corrected chi connectivity index (χ4v) is 3.21. The molecule has 2 aromatic rings. The summed E-state index contributed by atoms with van der Waals surface area (Å²) in [5.74, 6) is 0. The van der Waals surface area contributed by atoms with Gasteiger partial charge in [-0.15, -0.1) is 0 Å². The minimum atomic E-state index is 1.15. The Morgan fingerprint density at radius 3 is 1.43 bits per heavy atom. The Morgan fingerprint density at radius 2 is 1.03 bits per heavy atom. The molecule has 0 aliphatic carbocycles. The smallest absolute Gasteiger partial charge is 0.0366 e. The van der Waals surface area contributed by atoms with Crippen molar-refractivity contribution in [3.63, 3.8) is 0 Å². The van der Waals surface area contributed by atoms with Gasteiger partial charge in [0, 0.05) is 38.6 Å². The van der Waals surface area contributed by atoms with Gasteiger partial charge in [0.15, 0.2) is 0 Å². The van der Waals surface area contributed by atoms with E-state index in [0.29, 0.717) is 0 Å². The lowest BCUT2D eigenvalue weighted by Crippen LogP contribution is -2.25. The molecular weight excluding hydrogens is 364 g/mol. The number of allylic oxidation sites excluding steroid dienone is 4. The van der Waals surface area contributed by atoms with Crippen LogP contribution in [0.15, 0.2) is 72.8 Å². The molecule has 0 spiro atoms. The maximum absolute atomic E-state index is 2.52. The number of unbranched alkanes of at least 4 members (excludes halogenated alkanes) is 2. The van der Waals surface area contributed by atoms with E-state index < -0.39 is 0 Å². The molecule has 0 aromatic heterocycles. The second kappa shape index (κ2) is 13.5. The molecule has 0 radical (unpaired) electrons. The second-order valence-corrected chi connectivity index (χ2v) is 7.87. The normalized spacial score (nSPS) is 11.7. The van der Waals surface area contributed by atoms with Crippen LogP contribution < -0.4 is 9.80 Å². The lowest BCUT2D eigenvalue weighted by atomic mass is 10.1. The highest BCUT2D eigenvalue weighted by Crippen LogP contribution is 2.18. The van der Waals surface area contributed by atoms with Crippen molar-refractivity contribution < 1.29 is 0 Å². The number of benzene rings is 2. The molecule has 0 saturated heterocycles. The summed E-state index contributed by atoms with van der Waals surface area (Å²) in [7, 11) is 4.12. The zero-order chi connectivity index (χ0) is 21.6. The Kier molecular flexibility index (Phi) is 10.6. The molecule has 30 heavy (non-hydrogen) atoms. The van der Waals surface area contributed by atoms with Gasteiger partial charge in [-0.05, 0) is 48.2 Å². The minimum Gasteiger partial charge on any atom is -0.378 e. The van der Waals surface area contributed by atoms with E-state index in [2.05, 4.69) is 123 Å². The zero-order valence-electron chi connectivity index (χ0n) is 19.2. The molecule has 2 nitrogen and oxygen atoms in total. The summed E-state index contributed by atoms with van der Waals surface area (Å²) >= 11 is 0. The van der Waals surface area contributed by atoms with Gasteiger partial charge in [-0.25, -0.2) is 0 Å². The van der Waals surface area contributed by atoms with Crippen LogP contribution in [0, 0.1) is 0 Å². The first-order chi connectivity index (χ1) is 14.6.